The number of ether oxygens (including phenoxy) is 3. The third kappa shape index (κ3) is 47.9. The van der Waals surface area contributed by atoms with E-state index in [0.717, 1.165) is 109 Å². The molecule has 0 aromatic heterocycles. The molecule has 0 bridgehead atoms. The van der Waals surface area contributed by atoms with E-state index in [2.05, 4.69) is 93.7 Å². The number of hydrogen-bond donors (Lipinski definition) is 0. The number of esters is 3. The summed E-state index contributed by atoms with van der Waals surface area (Å²) in [6, 6.07) is 0. The van der Waals surface area contributed by atoms with Crippen LogP contribution in [0.4, 0.5) is 0 Å². The first-order chi connectivity index (χ1) is 30.5. The number of allylic oxidation sites excluding steroid dienone is 12. The molecule has 0 amide bonds. The van der Waals surface area contributed by atoms with Crippen molar-refractivity contribution >= 4 is 17.9 Å². The Balaban J connectivity index is 4.09. The second-order valence-electron chi connectivity index (χ2n) is 17.1. The van der Waals surface area contributed by atoms with Gasteiger partial charge in [-0.15, -0.1) is 0 Å². The highest BCUT2D eigenvalue weighted by molar-refractivity contribution is 5.71. The van der Waals surface area contributed by atoms with Crippen LogP contribution in [0.15, 0.2) is 72.9 Å². The fourth-order valence-electron chi connectivity index (χ4n) is 7.09. The number of carbonyl (C=O) groups is 3. The van der Waals surface area contributed by atoms with Crippen LogP contribution in [-0.2, 0) is 28.6 Å². The van der Waals surface area contributed by atoms with E-state index in [0.29, 0.717) is 19.3 Å². The summed E-state index contributed by atoms with van der Waals surface area (Å²) in [6.07, 6.45) is 63.6. The zero-order valence-corrected chi connectivity index (χ0v) is 40.6. The van der Waals surface area contributed by atoms with Gasteiger partial charge in [0.1, 0.15) is 13.2 Å². The Bertz CT molecular complexity index is 1180. The largest absolute Gasteiger partial charge is 0.462 e. The summed E-state index contributed by atoms with van der Waals surface area (Å²) in [5, 5.41) is 0. The predicted octanol–water partition coefficient (Wildman–Crippen LogP) is 17.0. The van der Waals surface area contributed by atoms with Crippen molar-refractivity contribution in [3.63, 3.8) is 0 Å². The molecule has 62 heavy (non-hydrogen) atoms. The van der Waals surface area contributed by atoms with Gasteiger partial charge in [0.25, 0.3) is 0 Å². The normalized spacial score (nSPS) is 12.6. The van der Waals surface area contributed by atoms with Crippen LogP contribution in [0.5, 0.6) is 0 Å². The summed E-state index contributed by atoms with van der Waals surface area (Å²) in [6.45, 7) is 6.43. The van der Waals surface area contributed by atoms with Crippen LogP contribution in [0.1, 0.15) is 245 Å². The maximum atomic E-state index is 12.7. The lowest BCUT2D eigenvalue weighted by Gasteiger charge is -2.18. The Morgan fingerprint density at radius 3 is 0.984 bits per heavy atom. The van der Waals surface area contributed by atoms with E-state index in [1.165, 1.54) is 96.3 Å². The number of hydrogen-bond acceptors (Lipinski definition) is 6. The van der Waals surface area contributed by atoms with Crippen molar-refractivity contribution in [1.82, 2.24) is 0 Å². The first-order valence-electron chi connectivity index (χ1n) is 25.9. The third-order valence-corrected chi connectivity index (χ3v) is 11.0. The van der Waals surface area contributed by atoms with E-state index in [4.69, 9.17) is 14.2 Å². The topological polar surface area (TPSA) is 78.9 Å². The smallest absolute Gasteiger partial charge is 0.306 e. The van der Waals surface area contributed by atoms with Crippen LogP contribution in [-0.4, -0.2) is 37.2 Å². The van der Waals surface area contributed by atoms with Crippen molar-refractivity contribution in [2.45, 2.75) is 252 Å². The Morgan fingerprint density at radius 2 is 0.629 bits per heavy atom. The minimum Gasteiger partial charge on any atom is -0.462 e. The van der Waals surface area contributed by atoms with Crippen molar-refractivity contribution in [1.29, 1.82) is 0 Å². The SMILES string of the molecule is CC/C=C\C/C=C\C/C=C\C/C=C\C/C=C\C/C=C\CCCCCCCCCCC(=O)OCC(COC(=O)CCCCCCC)OC(=O)CCCCCCCCCCCCCC. The van der Waals surface area contributed by atoms with Crippen molar-refractivity contribution in [3.8, 4) is 0 Å². The van der Waals surface area contributed by atoms with E-state index < -0.39 is 6.10 Å². The molecule has 0 aromatic rings. The van der Waals surface area contributed by atoms with Crippen LogP contribution in [0, 0.1) is 0 Å². The monoisotopic (exact) mass is 865 g/mol. The highest BCUT2D eigenvalue weighted by Gasteiger charge is 2.19. The summed E-state index contributed by atoms with van der Waals surface area (Å²) < 4.78 is 16.6. The fraction of sp³-hybridized carbons (Fsp3) is 0.732. The Morgan fingerprint density at radius 1 is 0.339 bits per heavy atom. The van der Waals surface area contributed by atoms with Crippen LogP contribution in [0.3, 0.4) is 0 Å². The van der Waals surface area contributed by atoms with Gasteiger partial charge in [-0.2, -0.15) is 0 Å². The van der Waals surface area contributed by atoms with Crippen LogP contribution in [0.2, 0.25) is 0 Å². The van der Waals surface area contributed by atoms with Gasteiger partial charge in [-0.1, -0.05) is 229 Å². The van der Waals surface area contributed by atoms with E-state index in [1.54, 1.807) is 0 Å². The van der Waals surface area contributed by atoms with Gasteiger partial charge in [-0.3, -0.25) is 14.4 Å². The van der Waals surface area contributed by atoms with E-state index >= 15 is 0 Å². The third-order valence-electron chi connectivity index (χ3n) is 11.0. The van der Waals surface area contributed by atoms with Crippen LogP contribution in [0.25, 0.3) is 0 Å². The maximum absolute atomic E-state index is 12.7. The average molecular weight is 865 g/mol. The first-order valence-corrected chi connectivity index (χ1v) is 25.9. The highest BCUT2D eigenvalue weighted by atomic mass is 16.6. The van der Waals surface area contributed by atoms with Crippen molar-refractivity contribution in [2.75, 3.05) is 13.2 Å². The summed E-state index contributed by atoms with van der Waals surface area (Å²) in [5.41, 5.74) is 0. The van der Waals surface area contributed by atoms with Gasteiger partial charge >= 0.3 is 17.9 Å². The predicted molar refractivity (Wildman–Crippen MR) is 265 cm³/mol. The standard InChI is InChI=1S/C56H96O6/c1-4-7-10-13-15-17-19-21-22-23-24-25-26-27-28-29-30-31-32-33-34-35-37-38-40-43-46-49-55(58)61-52-53(51-60-54(57)48-45-42-12-9-6-3)62-56(59)50-47-44-41-39-36-20-18-16-14-11-8-5-2/h7,10,15,17,21-22,24-25,27-28,30-31,53H,4-6,8-9,11-14,16,18-20,23,26,29,32-52H2,1-3H3/b10-7-,17-15-,22-21-,25-24-,28-27-,31-30-. The molecule has 0 aliphatic rings. The summed E-state index contributed by atoms with van der Waals surface area (Å²) in [7, 11) is 0. The molecule has 6 heteroatoms. The maximum Gasteiger partial charge on any atom is 0.306 e. The zero-order valence-electron chi connectivity index (χ0n) is 40.6. The minimum absolute atomic E-state index is 0.0767. The molecule has 0 aliphatic carbocycles. The molecule has 0 rings (SSSR count). The molecule has 0 aliphatic heterocycles. The lowest BCUT2D eigenvalue weighted by Crippen LogP contribution is -2.30. The van der Waals surface area contributed by atoms with Gasteiger partial charge in [0.2, 0.25) is 0 Å². The van der Waals surface area contributed by atoms with Gasteiger partial charge in [-0.05, 0) is 70.6 Å². The Labute approximate surface area is 382 Å². The number of unbranched alkanes of at least 4 members (excludes halogenated alkanes) is 23. The molecule has 0 saturated heterocycles. The zero-order chi connectivity index (χ0) is 45.1. The quantitative estimate of drug-likeness (QED) is 0.0262. The Kier molecular flexibility index (Phi) is 47.9. The number of carbonyl (C=O) groups excluding carboxylic acids is 3. The molecule has 6 nitrogen and oxygen atoms in total. The van der Waals surface area contributed by atoms with Gasteiger partial charge < -0.3 is 14.2 Å². The molecule has 356 valence electrons. The molecular weight excluding hydrogens is 769 g/mol. The molecule has 1 unspecified atom stereocenters. The van der Waals surface area contributed by atoms with Crippen LogP contribution < -0.4 is 0 Å². The average Bonchev–Trinajstić information content (AvgIpc) is 3.27. The summed E-state index contributed by atoms with van der Waals surface area (Å²) in [5.74, 6) is -0.897. The van der Waals surface area contributed by atoms with Crippen molar-refractivity contribution < 1.29 is 28.6 Å². The van der Waals surface area contributed by atoms with E-state index in [9.17, 15) is 14.4 Å². The van der Waals surface area contributed by atoms with Gasteiger partial charge in [0, 0.05) is 19.3 Å². The second-order valence-corrected chi connectivity index (χ2v) is 17.1. The molecule has 1 atom stereocenters. The van der Waals surface area contributed by atoms with Crippen molar-refractivity contribution in [3.05, 3.63) is 72.9 Å². The molecule has 0 saturated carbocycles. The highest BCUT2D eigenvalue weighted by Crippen LogP contribution is 2.15. The summed E-state index contributed by atoms with van der Waals surface area (Å²) in [4.78, 5) is 37.6. The molecule has 0 spiro atoms. The molecule has 0 fully saturated rings. The van der Waals surface area contributed by atoms with E-state index in [-0.39, 0.29) is 31.1 Å². The fourth-order valence-corrected chi connectivity index (χ4v) is 7.09. The van der Waals surface area contributed by atoms with Crippen molar-refractivity contribution in [2.24, 2.45) is 0 Å². The summed E-state index contributed by atoms with van der Waals surface area (Å²) >= 11 is 0. The molecule has 0 aromatic carbocycles. The van der Waals surface area contributed by atoms with Gasteiger partial charge in [0.05, 0.1) is 0 Å². The van der Waals surface area contributed by atoms with Gasteiger partial charge in [-0.25, -0.2) is 0 Å². The first kappa shape index (κ1) is 58.9. The molecular formula is C56H96O6. The minimum atomic E-state index is -0.771. The molecule has 0 N–H and O–H groups in total. The van der Waals surface area contributed by atoms with Crippen LogP contribution >= 0.6 is 0 Å². The lowest BCUT2D eigenvalue weighted by molar-refractivity contribution is -0.167. The second kappa shape index (κ2) is 50.5. The lowest BCUT2D eigenvalue weighted by atomic mass is 10.0. The Hall–Kier alpha value is -3.15. The molecule has 0 radical (unpaired) electrons. The molecule has 0 heterocycles. The van der Waals surface area contributed by atoms with E-state index in [1.807, 2.05) is 0 Å². The van der Waals surface area contributed by atoms with Gasteiger partial charge in [0.15, 0.2) is 6.10 Å². The number of rotatable bonds is 46.